The number of aliphatic hydroxyl groups is 1. The van der Waals surface area contributed by atoms with Crippen molar-refractivity contribution in [1.82, 2.24) is 4.90 Å². The topological polar surface area (TPSA) is 41.9 Å². The third kappa shape index (κ3) is 6.41. The summed E-state index contributed by atoms with van der Waals surface area (Å²) in [7, 11) is 0. The molecule has 1 N–H and O–H groups in total. The summed E-state index contributed by atoms with van der Waals surface area (Å²) in [4.78, 5) is 2.38. The molecule has 2 rings (SSSR count). The van der Waals surface area contributed by atoms with E-state index >= 15 is 0 Å². The number of allylic oxidation sites excluding steroid dienone is 4. The molecule has 0 aromatic carbocycles. The lowest BCUT2D eigenvalue weighted by Gasteiger charge is -2.34. The summed E-state index contributed by atoms with van der Waals surface area (Å²) in [5.74, 6) is 1.18. The smallest absolute Gasteiger partial charge is 0.113 e. The Labute approximate surface area is 173 Å². The van der Waals surface area contributed by atoms with Crippen LogP contribution >= 0.6 is 0 Å². The van der Waals surface area contributed by atoms with Crippen molar-refractivity contribution in [2.45, 2.75) is 98.1 Å². The molecule has 2 fully saturated rings. The Balaban J connectivity index is 1.94. The van der Waals surface area contributed by atoms with Crippen molar-refractivity contribution in [3.8, 4) is 0 Å². The van der Waals surface area contributed by atoms with Crippen molar-refractivity contribution in [2.75, 3.05) is 19.8 Å². The van der Waals surface area contributed by atoms with E-state index in [0.29, 0.717) is 25.0 Å². The highest BCUT2D eigenvalue weighted by Crippen LogP contribution is 2.40. The summed E-state index contributed by atoms with van der Waals surface area (Å²) < 4.78 is 12.4. The Kier molecular flexibility index (Phi) is 9.20. The zero-order valence-corrected chi connectivity index (χ0v) is 19.0. The molecular weight excluding hydrogens is 350 g/mol. The standard InChI is InChI=1S/C24H43NO3/c1-18(2)9-7-11-20(5)13-22-25-23(14-21(6)12-8-10-19(3)4)28-17-24(25,15-26)16-27-22/h9-10,20-23,26H,7-8,11-17H2,1-6H3. The third-order valence-corrected chi connectivity index (χ3v) is 6.18. The summed E-state index contributed by atoms with van der Waals surface area (Å²) in [5, 5.41) is 10.1. The molecule has 28 heavy (non-hydrogen) atoms. The maximum atomic E-state index is 10.1. The Hall–Kier alpha value is -0.680. The first-order valence-corrected chi connectivity index (χ1v) is 11.2. The van der Waals surface area contributed by atoms with Crippen molar-refractivity contribution in [3.63, 3.8) is 0 Å². The summed E-state index contributed by atoms with van der Waals surface area (Å²) in [6.45, 7) is 14.5. The fourth-order valence-electron chi connectivity index (χ4n) is 4.42. The maximum Gasteiger partial charge on any atom is 0.113 e. The molecule has 162 valence electrons. The molecule has 0 aliphatic carbocycles. The molecule has 2 aliphatic heterocycles. The van der Waals surface area contributed by atoms with Crippen molar-refractivity contribution >= 4 is 0 Å². The van der Waals surface area contributed by atoms with Gasteiger partial charge in [-0.1, -0.05) is 37.1 Å². The van der Waals surface area contributed by atoms with Crippen LogP contribution < -0.4 is 0 Å². The second-order valence-corrected chi connectivity index (χ2v) is 9.72. The SMILES string of the molecule is CC(C)=CCCC(C)CC1OCC2(CO)COC(CC(C)CCC=C(C)C)N12. The van der Waals surface area contributed by atoms with Crippen LogP contribution in [0.25, 0.3) is 0 Å². The lowest BCUT2D eigenvalue weighted by Crippen LogP contribution is -2.52. The minimum atomic E-state index is -0.339. The van der Waals surface area contributed by atoms with Gasteiger partial charge in [0.25, 0.3) is 0 Å². The molecule has 0 aromatic rings. The minimum Gasteiger partial charge on any atom is -0.394 e. The molecule has 0 amide bonds. The van der Waals surface area contributed by atoms with E-state index in [9.17, 15) is 5.11 Å². The van der Waals surface area contributed by atoms with E-state index in [1.807, 2.05) is 0 Å². The van der Waals surface area contributed by atoms with Crippen molar-refractivity contribution in [1.29, 1.82) is 0 Å². The number of rotatable bonds is 11. The van der Waals surface area contributed by atoms with Crippen molar-refractivity contribution in [3.05, 3.63) is 23.3 Å². The Morgan fingerprint density at radius 3 is 1.71 bits per heavy atom. The van der Waals surface area contributed by atoms with Gasteiger partial charge in [-0.25, -0.2) is 4.90 Å². The fraction of sp³-hybridized carbons (Fsp3) is 0.833. The number of ether oxygens (including phenoxy) is 2. The van der Waals surface area contributed by atoms with E-state index in [0.717, 1.165) is 25.7 Å². The molecule has 4 unspecified atom stereocenters. The van der Waals surface area contributed by atoms with Gasteiger partial charge < -0.3 is 14.6 Å². The van der Waals surface area contributed by atoms with Crippen LogP contribution in [0.3, 0.4) is 0 Å². The molecule has 4 atom stereocenters. The fourth-order valence-corrected chi connectivity index (χ4v) is 4.42. The molecular formula is C24H43NO3. The average molecular weight is 394 g/mol. The first-order valence-electron chi connectivity index (χ1n) is 11.2. The van der Waals surface area contributed by atoms with Crippen LogP contribution in [-0.4, -0.2) is 47.8 Å². The highest BCUT2D eigenvalue weighted by Gasteiger charge is 2.55. The summed E-state index contributed by atoms with van der Waals surface area (Å²) in [5.41, 5.74) is 2.44. The number of hydrogen-bond donors (Lipinski definition) is 1. The van der Waals surface area contributed by atoms with Crippen LogP contribution in [0, 0.1) is 11.8 Å². The van der Waals surface area contributed by atoms with Crippen molar-refractivity contribution < 1.29 is 14.6 Å². The summed E-state index contributed by atoms with van der Waals surface area (Å²) >= 11 is 0. The third-order valence-electron chi connectivity index (χ3n) is 6.18. The molecule has 0 bridgehead atoms. The highest BCUT2D eigenvalue weighted by molar-refractivity contribution is 5.02. The molecule has 0 saturated carbocycles. The second-order valence-electron chi connectivity index (χ2n) is 9.72. The molecule has 0 radical (unpaired) electrons. The first-order chi connectivity index (χ1) is 13.3. The lowest BCUT2D eigenvalue weighted by molar-refractivity contribution is -0.0756. The summed E-state index contributed by atoms with van der Waals surface area (Å²) in [6.07, 6.45) is 11.4. The van der Waals surface area contributed by atoms with Crippen LogP contribution in [-0.2, 0) is 9.47 Å². The van der Waals surface area contributed by atoms with Crippen LogP contribution in [0.4, 0.5) is 0 Å². The van der Waals surface area contributed by atoms with Gasteiger partial charge in [-0.05, 0) is 78.1 Å². The largest absolute Gasteiger partial charge is 0.394 e. The van der Waals surface area contributed by atoms with Gasteiger partial charge >= 0.3 is 0 Å². The zero-order valence-electron chi connectivity index (χ0n) is 19.0. The molecule has 0 spiro atoms. The Morgan fingerprint density at radius 2 is 1.36 bits per heavy atom. The monoisotopic (exact) mass is 393 g/mol. The minimum absolute atomic E-state index is 0.0614. The van der Waals surface area contributed by atoms with Crippen LogP contribution in [0.2, 0.25) is 0 Å². The van der Waals surface area contributed by atoms with Gasteiger partial charge in [0.15, 0.2) is 0 Å². The molecule has 0 aromatic heterocycles. The quantitative estimate of drug-likeness (QED) is 0.485. The number of fused-ring (bicyclic) bond motifs is 1. The number of nitrogens with zero attached hydrogens (tertiary/aromatic N) is 1. The van der Waals surface area contributed by atoms with Gasteiger partial charge in [-0.3, -0.25) is 0 Å². The maximum absolute atomic E-state index is 10.1. The summed E-state index contributed by atoms with van der Waals surface area (Å²) in [6, 6.07) is 0. The van der Waals surface area contributed by atoms with Gasteiger partial charge in [0.05, 0.1) is 25.4 Å². The van der Waals surface area contributed by atoms with E-state index in [1.165, 1.54) is 24.0 Å². The lowest BCUT2D eigenvalue weighted by atomic mass is 9.95. The predicted molar refractivity (Wildman–Crippen MR) is 116 cm³/mol. The van der Waals surface area contributed by atoms with Crippen LogP contribution in [0.1, 0.15) is 80.1 Å². The van der Waals surface area contributed by atoms with Crippen LogP contribution in [0.5, 0.6) is 0 Å². The number of aliphatic hydroxyl groups excluding tert-OH is 1. The normalized spacial score (nSPS) is 29.4. The molecule has 4 heteroatoms. The molecule has 4 nitrogen and oxygen atoms in total. The van der Waals surface area contributed by atoms with Gasteiger partial charge in [-0.15, -0.1) is 0 Å². The van der Waals surface area contributed by atoms with E-state index in [-0.39, 0.29) is 24.6 Å². The van der Waals surface area contributed by atoms with Crippen molar-refractivity contribution in [2.24, 2.45) is 11.8 Å². The van der Waals surface area contributed by atoms with E-state index in [2.05, 4.69) is 58.6 Å². The van der Waals surface area contributed by atoms with E-state index < -0.39 is 0 Å². The van der Waals surface area contributed by atoms with Gasteiger partial charge in [0.2, 0.25) is 0 Å². The zero-order chi connectivity index (χ0) is 20.7. The Bertz CT molecular complexity index is 492. The van der Waals surface area contributed by atoms with Gasteiger partial charge in [-0.2, -0.15) is 0 Å². The van der Waals surface area contributed by atoms with Gasteiger partial charge in [0, 0.05) is 0 Å². The Morgan fingerprint density at radius 1 is 0.929 bits per heavy atom. The highest BCUT2D eigenvalue weighted by atomic mass is 16.6. The average Bonchev–Trinajstić information content (AvgIpc) is 3.14. The molecule has 2 aliphatic rings. The molecule has 2 saturated heterocycles. The van der Waals surface area contributed by atoms with Crippen LogP contribution in [0.15, 0.2) is 23.3 Å². The second kappa shape index (κ2) is 10.9. The first kappa shape index (κ1) is 23.6. The van der Waals surface area contributed by atoms with Gasteiger partial charge in [0.1, 0.15) is 12.5 Å². The molecule has 2 heterocycles. The van der Waals surface area contributed by atoms with E-state index in [4.69, 9.17) is 9.47 Å². The predicted octanol–water partition coefficient (Wildman–Crippen LogP) is 5.28. The van der Waals surface area contributed by atoms with E-state index in [1.54, 1.807) is 0 Å². The number of hydrogen-bond acceptors (Lipinski definition) is 4.